The molecular weight excluding hydrogens is 335 g/mol. The number of aryl methyl sites for hydroxylation is 1. The Bertz CT molecular complexity index is 584. The lowest BCUT2D eigenvalue weighted by molar-refractivity contribution is 0.164. The zero-order valence-electron chi connectivity index (χ0n) is 11.9. The molecule has 2 aromatic rings. The maximum Gasteiger partial charge on any atom is 0.127 e. The van der Waals surface area contributed by atoms with E-state index in [1.54, 1.807) is 19.2 Å². The lowest BCUT2D eigenvalue weighted by Crippen LogP contribution is -2.12. The molecule has 0 saturated carbocycles. The number of aliphatic hydroxyl groups is 1. The van der Waals surface area contributed by atoms with Crippen LogP contribution in [0.15, 0.2) is 46.9 Å². The van der Waals surface area contributed by atoms with Crippen LogP contribution in [-0.4, -0.2) is 18.3 Å². The Morgan fingerprint density at radius 1 is 1.19 bits per heavy atom. The van der Waals surface area contributed by atoms with E-state index in [0.717, 1.165) is 17.7 Å². The number of rotatable bonds is 6. The van der Waals surface area contributed by atoms with Crippen molar-refractivity contribution in [2.45, 2.75) is 25.4 Å². The number of hydrogen-bond acceptors (Lipinski definition) is 2. The van der Waals surface area contributed by atoms with Crippen LogP contribution in [0, 0.1) is 5.82 Å². The molecule has 0 aliphatic heterocycles. The Balaban J connectivity index is 1.87. The molecule has 0 spiro atoms. The van der Waals surface area contributed by atoms with E-state index < -0.39 is 6.10 Å². The largest absolute Gasteiger partial charge is 0.497 e. The van der Waals surface area contributed by atoms with Gasteiger partial charge in [0.15, 0.2) is 0 Å². The van der Waals surface area contributed by atoms with Crippen molar-refractivity contribution in [2.24, 2.45) is 0 Å². The summed E-state index contributed by atoms with van der Waals surface area (Å²) in [5.41, 5.74) is 1.67. The molecule has 2 aromatic carbocycles. The van der Waals surface area contributed by atoms with Crippen molar-refractivity contribution in [3.8, 4) is 5.75 Å². The molecule has 0 aliphatic carbocycles. The number of benzene rings is 2. The van der Waals surface area contributed by atoms with Gasteiger partial charge in [-0.1, -0.05) is 34.1 Å². The fourth-order valence-electron chi connectivity index (χ4n) is 2.17. The smallest absolute Gasteiger partial charge is 0.127 e. The third-order valence-electron chi connectivity index (χ3n) is 3.40. The van der Waals surface area contributed by atoms with Crippen LogP contribution < -0.4 is 4.74 Å². The van der Waals surface area contributed by atoms with Crippen LogP contribution in [0.25, 0.3) is 0 Å². The molecule has 1 unspecified atom stereocenters. The van der Waals surface area contributed by atoms with Crippen molar-refractivity contribution in [3.63, 3.8) is 0 Å². The monoisotopic (exact) mass is 352 g/mol. The van der Waals surface area contributed by atoms with Gasteiger partial charge in [-0.15, -0.1) is 0 Å². The number of ether oxygens (including phenoxy) is 1. The van der Waals surface area contributed by atoms with Gasteiger partial charge >= 0.3 is 0 Å². The van der Waals surface area contributed by atoms with Crippen LogP contribution in [0.4, 0.5) is 4.39 Å². The van der Waals surface area contributed by atoms with E-state index >= 15 is 0 Å². The average Bonchev–Trinajstić information content (AvgIpc) is 2.48. The van der Waals surface area contributed by atoms with Gasteiger partial charge in [0.2, 0.25) is 0 Å². The molecule has 112 valence electrons. The van der Waals surface area contributed by atoms with Crippen LogP contribution >= 0.6 is 15.9 Å². The molecule has 1 atom stereocenters. The molecule has 0 aromatic heterocycles. The van der Waals surface area contributed by atoms with Gasteiger partial charge in [0.05, 0.1) is 13.2 Å². The van der Waals surface area contributed by atoms with Crippen LogP contribution in [0.2, 0.25) is 0 Å². The van der Waals surface area contributed by atoms with Gasteiger partial charge in [0.25, 0.3) is 0 Å². The maximum absolute atomic E-state index is 13.7. The lowest BCUT2D eigenvalue weighted by Gasteiger charge is -2.12. The van der Waals surface area contributed by atoms with E-state index in [1.807, 2.05) is 24.3 Å². The summed E-state index contributed by atoms with van der Waals surface area (Å²) in [4.78, 5) is 0. The zero-order valence-corrected chi connectivity index (χ0v) is 13.4. The Morgan fingerprint density at radius 3 is 2.52 bits per heavy atom. The molecule has 2 rings (SSSR count). The summed E-state index contributed by atoms with van der Waals surface area (Å²) in [6, 6.07) is 12.7. The summed E-state index contributed by atoms with van der Waals surface area (Å²) in [5.74, 6) is 0.532. The molecule has 0 saturated heterocycles. The highest BCUT2D eigenvalue weighted by molar-refractivity contribution is 9.10. The van der Waals surface area contributed by atoms with E-state index in [1.165, 1.54) is 6.07 Å². The molecule has 0 radical (unpaired) electrons. The third kappa shape index (κ3) is 4.83. The summed E-state index contributed by atoms with van der Waals surface area (Å²) in [7, 11) is 1.63. The summed E-state index contributed by atoms with van der Waals surface area (Å²) in [5, 5.41) is 10.1. The summed E-state index contributed by atoms with van der Waals surface area (Å²) >= 11 is 3.22. The number of methoxy groups -OCH3 is 1. The van der Waals surface area contributed by atoms with E-state index in [0.29, 0.717) is 22.9 Å². The van der Waals surface area contributed by atoms with Crippen LogP contribution in [0.3, 0.4) is 0 Å². The minimum absolute atomic E-state index is 0.284. The van der Waals surface area contributed by atoms with Gasteiger partial charge < -0.3 is 9.84 Å². The normalized spacial score (nSPS) is 12.2. The van der Waals surface area contributed by atoms with Crippen molar-refractivity contribution >= 4 is 15.9 Å². The molecule has 0 aliphatic rings. The molecule has 0 bridgehead atoms. The second-order valence-electron chi connectivity index (χ2n) is 4.98. The standard InChI is InChI=1S/C17H18BrFO2/c1-21-16-8-3-12(4-9-16)2-7-15(20)10-13-5-6-14(18)11-17(13)19/h3-6,8-9,11,15,20H,2,7,10H2,1H3. The molecule has 21 heavy (non-hydrogen) atoms. The quantitative estimate of drug-likeness (QED) is 0.846. The number of halogens is 2. The average molecular weight is 353 g/mol. The fourth-order valence-corrected chi connectivity index (χ4v) is 2.50. The summed E-state index contributed by atoms with van der Waals surface area (Å²) < 4.78 is 19.5. The molecule has 0 amide bonds. The first kappa shape index (κ1) is 16.0. The first-order valence-electron chi connectivity index (χ1n) is 6.83. The lowest BCUT2D eigenvalue weighted by atomic mass is 10.0. The van der Waals surface area contributed by atoms with E-state index in [9.17, 15) is 9.50 Å². The van der Waals surface area contributed by atoms with Gasteiger partial charge in [-0.3, -0.25) is 0 Å². The highest BCUT2D eigenvalue weighted by atomic mass is 79.9. The van der Waals surface area contributed by atoms with Crippen LogP contribution in [-0.2, 0) is 12.8 Å². The van der Waals surface area contributed by atoms with Crippen molar-refractivity contribution < 1.29 is 14.2 Å². The van der Waals surface area contributed by atoms with E-state index in [4.69, 9.17) is 4.74 Å². The Hall–Kier alpha value is -1.39. The molecule has 0 fully saturated rings. The Kier molecular flexibility index (Phi) is 5.76. The van der Waals surface area contributed by atoms with Gasteiger partial charge in [-0.25, -0.2) is 4.39 Å². The van der Waals surface area contributed by atoms with Gasteiger partial charge in [-0.2, -0.15) is 0 Å². The van der Waals surface area contributed by atoms with Crippen LogP contribution in [0.5, 0.6) is 5.75 Å². The van der Waals surface area contributed by atoms with Gasteiger partial charge in [0, 0.05) is 10.9 Å². The molecule has 0 heterocycles. The number of hydrogen-bond donors (Lipinski definition) is 1. The second kappa shape index (κ2) is 7.57. The zero-order chi connectivity index (χ0) is 15.2. The first-order valence-corrected chi connectivity index (χ1v) is 7.62. The Morgan fingerprint density at radius 2 is 1.90 bits per heavy atom. The first-order chi connectivity index (χ1) is 10.1. The minimum Gasteiger partial charge on any atom is -0.497 e. The van der Waals surface area contributed by atoms with E-state index in [2.05, 4.69) is 15.9 Å². The number of aliphatic hydroxyl groups excluding tert-OH is 1. The maximum atomic E-state index is 13.7. The molecular formula is C17H18BrFO2. The molecule has 4 heteroatoms. The third-order valence-corrected chi connectivity index (χ3v) is 3.89. The minimum atomic E-state index is -0.553. The topological polar surface area (TPSA) is 29.5 Å². The van der Waals surface area contributed by atoms with Crippen molar-refractivity contribution in [3.05, 3.63) is 63.9 Å². The molecule has 1 N–H and O–H groups in total. The van der Waals surface area contributed by atoms with Crippen LogP contribution in [0.1, 0.15) is 17.5 Å². The Labute approximate surface area is 132 Å². The SMILES string of the molecule is COc1ccc(CCC(O)Cc2ccc(Br)cc2F)cc1. The summed E-state index contributed by atoms with van der Waals surface area (Å²) in [6.07, 6.45) is 1.13. The predicted octanol–water partition coefficient (Wildman–Crippen LogP) is 4.13. The molecule has 2 nitrogen and oxygen atoms in total. The predicted molar refractivity (Wildman–Crippen MR) is 85.1 cm³/mol. The highest BCUT2D eigenvalue weighted by Crippen LogP contribution is 2.18. The summed E-state index contributed by atoms with van der Waals surface area (Å²) in [6.45, 7) is 0. The van der Waals surface area contributed by atoms with Crippen molar-refractivity contribution in [1.82, 2.24) is 0 Å². The second-order valence-corrected chi connectivity index (χ2v) is 5.90. The van der Waals surface area contributed by atoms with Crippen molar-refractivity contribution in [2.75, 3.05) is 7.11 Å². The van der Waals surface area contributed by atoms with Gasteiger partial charge in [-0.05, 0) is 48.2 Å². The van der Waals surface area contributed by atoms with Gasteiger partial charge in [0.1, 0.15) is 11.6 Å². The van der Waals surface area contributed by atoms with Crippen molar-refractivity contribution in [1.29, 1.82) is 0 Å². The highest BCUT2D eigenvalue weighted by Gasteiger charge is 2.10. The fraction of sp³-hybridized carbons (Fsp3) is 0.294. The van der Waals surface area contributed by atoms with E-state index in [-0.39, 0.29) is 5.82 Å².